The molecule has 0 saturated carbocycles. The summed E-state index contributed by atoms with van der Waals surface area (Å²) < 4.78 is 0. The molecule has 1 nitrogen and oxygen atoms in total. The van der Waals surface area contributed by atoms with Gasteiger partial charge in [-0.2, -0.15) is 0 Å². The van der Waals surface area contributed by atoms with Crippen molar-refractivity contribution < 1.29 is 0 Å². The lowest BCUT2D eigenvalue weighted by molar-refractivity contribution is 0.297. The number of hydrogen-bond donors (Lipinski definition) is 0. The van der Waals surface area contributed by atoms with Crippen LogP contribution in [0.25, 0.3) is 0 Å². The Morgan fingerprint density at radius 3 is 2.47 bits per heavy atom. The molecule has 0 saturated heterocycles. The van der Waals surface area contributed by atoms with E-state index in [-0.39, 0.29) is 0 Å². The van der Waals surface area contributed by atoms with Gasteiger partial charge < -0.3 is 4.90 Å². The Morgan fingerprint density at radius 1 is 1.24 bits per heavy atom. The van der Waals surface area contributed by atoms with E-state index in [1.165, 1.54) is 18.4 Å². The van der Waals surface area contributed by atoms with Crippen molar-refractivity contribution >= 4 is 27.5 Å². The zero-order valence-corrected chi connectivity index (χ0v) is 13.0. The minimum Gasteiger partial charge on any atom is -0.302 e. The Labute approximate surface area is 118 Å². The molecule has 0 spiro atoms. The van der Waals surface area contributed by atoms with Gasteiger partial charge in [0.2, 0.25) is 0 Å². The van der Waals surface area contributed by atoms with Crippen LogP contribution in [-0.4, -0.2) is 23.8 Å². The van der Waals surface area contributed by atoms with Gasteiger partial charge in [0, 0.05) is 16.9 Å². The highest BCUT2D eigenvalue weighted by molar-refractivity contribution is 9.09. The molecular weight excluding hydrogens is 298 g/mol. The highest BCUT2D eigenvalue weighted by atomic mass is 79.9. The lowest BCUT2D eigenvalue weighted by Gasteiger charge is -2.19. The molecule has 1 atom stereocenters. The molecule has 1 aromatic carbocycles. The average molecular weight is 319 g/mol. The number of benzene rings is 1. The van der Waals surface area contributed by atoms with E-state index >= 15 is 0 Å². The zero-order chi connectivity index (χ0) is 12.7. The summed E-state index contributed by atoms with van der Waals surface area (Å²) >= 11 is 9.36. The van der Waals surface area contributed by atoms with E-state index < -0.39 is 0 Å². The molecule has 1 aromatic rings. The topological polar surface area (TPSA) is 3.24 Å². The Bertz CT molecular complexity index is 313. The van der Waals surface area contributed by atoms with Crippen LogP contribution in [0.5, 0.6) is 0 Å². The number of rotatable bonds is 7. The van der Waals surface area contributed by atoms with Gasteiger partial charge in [0.1, 0.15) is 0 Å². The summed E-state index contributed by atoms with van der Waals surface area (Å²) in [5.74, 6) is 0.794. The van der Waals surface area contributed by atoms with Crippen molar-refractivity contribution in [1.29, 1.82) is 0 Å². The molecule has 1 unspecified atom stereocenters. The van der Waals surface area contributed by atoms with Crippen molar-refractivity contribution in [2.45, 2.75) is 26.3 Å². The lowest BCUT2D eigenvalue weighted by Crippen LogP contribution is -2.20. The fraction of sp³-hybridized carbons (Fsp3) is 0.571. The first kappa shape index (κ1) is 15.0. The molecule has 0 radical (unpaired) electrons. The van der Waals surface area contributed by atoms with Crippen molar-refractivity contribution in [2.75, 3.05) is 18.9 Å². The molecule has 0 amide bonds. The summed E-state index contributed by atoms with van der Waals surface area (Å²) in [6.45, 7) is 4.46. The van der Waals surface area contributed by atoms with Crippen molar-refractivity contribution in [2.24, 2.45) is 5.92 Å². The van der Waals surface area contributed by atoms with Crippen LogP contribution in [0.15, 0.2) is 24.3 Å². The smallest absolute Gasteiger partial charge is 0.0406 e. The molecular formula is C14H21BrClN. The van der Waals surface area contributed by atoms with E-state index in [2.05, 4.69) is 46.9 Å². The minimum absolute atomic E-state index is 0.794. The first-order valence-electron chi connectivity index (χ1n) is 6.10. The maximum absolute atomic E-state index is 5.87. The van der Waals surface area contributed by atoms with Gasteiger partial charge >= 0.3 is 0 Å². The summed E-state index contributed by atoms with van der Waals surface area (Å²) in [5, 5.41) is 1.91. The van der Waals surface area contributed by atoms with Crippen LogP contribution in [0.2, 0.25) is 5.02 Å². The van der Waals surface area contributed by atoms with Gasteiger partial charge in [-0.25, -0.2) is 0 Å². The highest BCUT2D eigenvalue weighted by Gasteiger charge is 2.04. The van der Waals surface area contributed by atoms with Crippen LogP contribution in [-0.2, 0) is 6.54 Å². The van der Waals surface area contributed by atoms with Gasteiger partial charge in [-0.05, 0) is 50.0 Å². The SMILES string of the molecule is CC(CCBr)CCN(C)Cc1ccc(Cl)cc1. The normalized spacial score (nSPS) is 13.0. The summed E-state index contributed by atoms with van der Waals surface area (Å²) in [6.07, 6.45) is 2.52. The predicted molar refractivity (Wildman–Crippen MR) is 80.0 cm³/mol. The van der Waals surface area contributed by atoms with Gasteiger partial charge in [0.25, 0.3) is 0 Å². The maximum atomic E-state index is 5.87. The number of hydrogen-bond acceptors (Lipinski definition) is 1. The summed E-state index contributed by atoms with van der Waals surface area (Å²) in [6, 6.07) is 8.11. The molecule has 3 heteroatoms. The minimum atomic E-state index is 0.794. The zero-order valence-electron chi connectivity index (χ0n) is 10.6. The van der Waals surface area contributed by atoms with E-state index in [1.54, 1.807) is 0 Å². The average Bonchev–Trinajstić information content (AvgIpc) is 2.30. The summed E-state index contributed by atoms with van der Waals surface area (Å²) in [7, 11) is 2.18. The monoisotopic (exact) mass is 317 g/mol. The highest BCUT2D eigenvalue weighted by Crippen LogP contribution is 2.13. The van der Waals surface area contributed by atoms with Gasteiger partial charge in [0.05, 0.1) is 0 Å². The van der Waals surface area contributed by atoms with Gasteiger partial charge in [-0.3, -0.25) is 0 Å². The Balaban J connectivity index is 2.29. The van der Waals surface area contributed by atoms with Gasteiger partial charge in [-0.1, -0.05) is 46.6 Å². The van der Waals surface area contributed by atoms with E-state index in [4.69, 9.17) is 11.6 Å². The molecule has 0 aliphatic rings. The third kappa shape index (κ3) is 6.44. The van der Waals surface area contributed by atoms with Crippen molar-refractivity contribution in [1.82, 2.24) is 4.90 Å². The van der Waals surface area contributed by atoms with E-state index in [0.29, 0.717) is 0 Å². The largest absolute Gasteiger partial charge is 0.302 e. The number of nitrogens with zero attached hydrogens (tertiary/aromatic N) is 1. The second-order valence-electron chi connectivity index (χ2n) is 4.74. The maximum Gasteiger partial charge on any atom is 0.0406 e. The van der Waals surface area contributed by atoms with Gasteiger partial charge in [-0.15, -0.1) is 0 Å². The molecule has 0 aliphatic carbocycles. The van der Waals surface area contributed by atoms with E-state index in [0.717, 1.165) is 29.4 Å². The standard InChI is InChI=1S/C14H21BrClN/c1-12(7-9-15)8-10-17(2)11-13-3-5-14(16)6-4-13/h3-6,12H,7-11H2,1-2H3. The quantitative estimate of drug-likeness (QED) is 0.665. The fourth-order valence-corrected chi connectivity index (χ4v) is 2.66. The number of alkyl halides is 1. The predicted octanol–water partition coefficient (Wildman–Crippen LogP) is 4.58. The first-order chi connectivity index (χ1) is 8.11. The van der Waals surface area contributed by atoms with Gasteiger partial charge in [0.15, 0.2) is 0 Å². The fourth-order valence-electron chi connectivity index (χ4n) is 1.75. The Kier molecular flexibility index (Phi) is 7.17. The third-order valence-electron chi connectivity index (χ3n) is 2.97. The van der Waals surface area contributed by atoms with Crippen LogP contribution in [0.1, 0.15) is 25.3 Å². The summed E-state index contributed by atoms with van der Waals surface area (Å²) in [5.41, 5.74) is 1.32. The molecule has 0 heterocycles. The lowest BCUT2D eigenvalue weighted by atomic mass is 10.1. The summed E-state index contributed by atoms with van der Waals surface area (Å²) in [4.78, 5) is 2.37. The molecule has 1 rings (SSSR count). The molecule has 0 N–H and O–H groups in total. The molecule has 0 fully saturated rings. The van der Waals surface area contributed by atoms with Crippen LogP contribution < -0.4 is 0 Å². The third-order valence-corrected chi connectivity index (χ3v) is 3.68. The second-order valence-corrected chi connectivity index (χ2v) is 5.97. The second kappa shape index (κ2) is 8.12. The first-order valence-corrected chi connectivity index (χ1v) is 7.60. The van der Waals surface area contributed by atoms with Crippen LogP contribution >= 0.6 is 27.5 Å². The molecule has 0 aliphatic heterocycles. The number of halogens is 2. The van der Waals surface area contributed by atoms with Crippen LogP contribution in [0.4, 0.5) is 0 Å². The molecule has 17 heavy (non-hydrogen) atoms. The van der Waals surface area contributed by atoms with Crippen molar-refractivity contribution in [3.05, 3.63) is 34.9 Å². The van der Waals surface area contributed by atoms with Crippen molar-refractivity contribution in [3.8, 4) is 0 Å². The Hall–Kier alpha value is -0.0500. The van der Waals surface area contributed by atoms with Crippen LogP contribution in [0.3, 0.4) is 0 Å². The van der Waals surface area contributed by atoms with Crippen LogP contribution in [0, 0.1) is 5.92 Å². The molecule has 96 valence electrons. The van der Waals surface area contributed by atoms with E-state index in [9.17, 15) is 0 Å². The molecule has 0 aromatic heterocycles. The van der Waals surface area contributed by atoms with Crippen molar-refractivity contribution in [3.63, 3.8) is 0 Å². The molecule has 0 bridgehead atoms. The van der Waals surface area contributed by atoms with E-state index in [1.807, 2.05) is 12.1 Å². The Morgan fingerprint density at radius 2 is 1.88 bits per heavy atom.